The van der Waals surface area contributed by atoms with Crippen molar-refractivity contribution in [3.8, 4) is 0 Å². The molecular formula is C18H29N5O2S. The lowest BCUT2D eigenvalue weighted by molar-refractivity contribution is 0.386. The zero-order chi connectivity index (χ0) is 18.1. The van der Waals surface area contributed by atoms with Crippen LogP contribution in [0.1, 0.15) is 37.8 Å². The third kappa shape index (κ3) is 4.22. The van der Waals surface area contributed by atoms with Crippen LogP contribution in [0.4, 0.5) is 0 Å². The lowest BCUT2D eigenvalue weighted by Gasteiger charge is -2.25. The lowest BCUT2D eigenvalue weighted by Crippen LogP contribution is -2.47. The second-order valence-corrected chi connectivity index (χ2v) is 10.4. The van der Waals surface area contributed by atoms with Gasteiger partial charge in [0.1, 0.15) is 0 Å². The highest BCUT2D eigenvalue weighted by Crippen LogP contribution is 2.44. The Hall–Kier alpha value is -1.57. The third-order valence-electron chi connectivity index (χ3n) is 6.11. The van der Waals surface area contributed by atoms with Gasteiger partial charge in [-0.1, -0.05) is 6.42 Å². The fraction of sp³-hybridized carbons (Fsp3) is 0.778. The van der Waals surface area contributed by atoms with E-state index < -0.39 is 9.84 Å². The zero-order valence-electron chi connectivity index (χ0n) is 15.4. The second kappa shape index (κ2) is 7.21. The van der Waals surface area contributed by atoms with Gasteiger partial charge in [0, 0.05) is 25.8 Å². The molecule has 26 heavy (non-hydrogen) atoms. The molecule has 8 heteroatoms. The monoisotopic (exact) mass is 379 g/mol. The van der Waals surface area contributed by atoms with Crippen LogP contribution >= 0.6 is 0 Å². The van der Waals surface area contributed by atoms with Gasteiger partial charge in [-0.3, -0.25) is 4.68 Å². The topological polar surface area (TPSA) is 88.4 Å². The van der Waals surface area contributed by atoms with E-state index in [1.807, 2.05) is 19.3 Å². The Morgan fingerprint density at radius 2 is 2.23 bits per heavy atom. The van der Waals surface area contributed by atoms with Crippen molar-refractivity contribution >= 4 is 15.8 Å². The Labute approximate surface area is 155 Å². The molecule has 0 amide bonds. The number of aryl methyl sites for hydroxylation is 1. The smallest absolute Gasteiger partial charge is 0.191 e. The summed E-state index contributed by atoms with van der Waals surface area (Å²) < 4.78 is 25.1. The van der Waals surface area contributed by atoms with Gasteiger partial charge in [0.05, 0.1) is 23.7 Å². The van der Waals surface area contributed by atoms with Crippen LogP contribution < -0.4 is 10.6 Å². The summed E-state index contributed by atoms with van der Waals surface area (Å²) in [6.45, 7) is 1.19. The van der Waals surface area contributed by atoms with Crippen molar-refractivity contribution in [3.05, 3.63) is 18.0 Å². The van der Waals surface area contributed by atoms with Gasteiger partial charge in [0.2, 0.25) is 0 Å². The highest BCUT2D eigenvalue weighted by molar-refractivity contribution is 7.91. The average molecular weight is 380 g/mol. The molecule has 3 fully saturated rings. The number of nitrogens with zero attached hydrogens (tertiary/aromatic N) is 3. The summed E-state index contributed by atoms with van der Waals surface area (Å²) in [5.41, 5.74) is 0.935. The van der Waals surface area contributed by atoms with E-state index in [9.17, 15) is 8.42 Å². The molecule has 2 N–H and O–H groups in total. The number of nitrogens with one attached hydrogen (secondary N) is 2. The van der Waals surface area contributed by atoms with Gasteiger partial charge in [-0.05, 0) is 49.5 Å². The molecule has 2 bridgehead atoms. The summed E-state index contributed by atoms with van der Waals surface area (Å²) in [5.74, 6) is 3.23. The number of sulfone groups is 1. The SMILES string of the molecule is Cn1ccc(CN=C(NCC2CCS(=O)(=O)C2)NC2CC3CCC2C3)n1. The van der Waals surface area contributed by atoms with Crippen LogP contribution in [-0.2, 0) is 23.4 Å². The first kappa shape index (κ1) is 17.8. The van der Waals surface area contributed by atoms with Crippen LogP contribution in [0.3, 0.4) is 0 Å². The molecule has 4 atom stereocenters. The van der Waals surface area contributed by atoms with E-state index in [1.165, 1.54) is 25.7 Å². The summed E-state index contributed by atoms with van der Waals surface area (Å²) >= 11 is 0. The first-order valence-corrected chi connectivity index (χ1v) is 11.5. The van der Waals surface area contributed by atoms with Crippen molar-refractivity contribution < 1.29 is 8.42 Å². The molecule has 0 aromatic carbocycles. The summed E-state index contributed by atoms with van der Waals surface area (Å²) in [6, 6.07) is 2.47. The molecule has 2 aliphatic carbocycles. The molecule has 4 unspecified atom stereocenters. The predicted molar refractivity (Wildman–Crippen MR) is 101 cm³/mol. The van der Waals surface area contributed by atoms with E-state index in [0.29, 0.717) is 30.6 Å². The molecule has 2 heterocycles. The van der Waals surface area contributed by atoms with Crippen molar-refractivity contribution in [3.63, 3.8) is 0 Å². The van der Waals surface area contributed by atoms with Crippen molar-refractivity contribution in [1.82, 2.24) is 20.4 Å². The van der Waals surface area contributed by atoms with Crippen molar-refractivity contribution in [2.45, 2.75) is 44.7 Å². The standard InChI is InChI=1S/C18H29N5O2S/c1-23-6-4-16(22-23)11-20-18(19-10-14-5-7-26(24,25)12-14)21-17-9-13-2-3-15(17)8-13/h4,6,13-15,17H,2-3,5,7-12H2,1H3,(H2,19,20,21). The van der Waals surface area contributed by atoms with Crippen LogP contribution in [0, 0.1) is 17.8 Å². The van der Waals surface area contributed by atoms with Crippen LogP contribution in [-0.4, -0.2) is 48.3 Å². The fourth-order valence-corrected chi connectivity index (χ4v) is 6.59. The molecular weight excluding hydrogens is 350 g/mol. The van der Waals surface area contributed by atoms with E-state index in [2.05, 4.69) is 15.7 Å². The maximum absolute atomic E-state index is 11.7. The molecule has 0 spiro atoms. The van der Waals surface area contributed by atoms with Crippen LogP contribution in [0.2, 0.25) is 0 Å². The number of hydrogen-bond acceptors (Lipinski definition) is 4. The van der Waals surface area contributed by atoms with Crippen molar-refractivity contribution in [2.24, 2.45) is 29.8 Å². The number of aromatic nitrogens is 2. The maximum Gasteiger partial charge on any atom is 0.191 e. The van der Waals surface area contributed by atoms with Gasteiger partial charge < -0.3 is 10.6 Å². The van der Waals surface area contributed by atoms with Gasteiger partial charge in [-0.15, -0.1) is 0 Å². The number of fused-ring (bicyclic) bond motifs is 2. The minimum absolute atomic E-state index is 0.182. The third-order valence-corrected chi connectivity index (χ3v) is 7.95. The largest absolute Gasteiger partial charge is 0.356 e. The van der Waals surface area contributed by atoms with E-state index in [4.69, 9.17) is 4.99 Å². The lowest BCUT2D eigenvalue weighted by atomic mass is 9.95. The van der Waals surface area contributed by atoms with Crippen molar-refractivity contribution in [2.75, 3.05) is 18.1 Å². The van der Waals surface area contributed by atoms with Crippen LogP contribution in [0.25, 0.3) is 0 Å². The first-order chi connectivity index (χ1) is 12.5. The molecule has 1 aromatic rings. The van der Waals surface area contributed by atoms with Crippen LogP contribution in [0.5, 0.6) is 0 Å². The van der Waals surface area contributed by atoms with Crippen LogP contribution in [0.15, 0.2) is 17.3 Å². The van der Waals surface area contributed by atoms with Gasteiger partial charge in [0.25, 0.3) is 0 Å². The molecule has 4 rings (SSSR count). The summed E-state index contributed by atoms with van der Waals surface area (Å²) in [4.78, 5) is 4.72. The van der Waals surface area contributed by atoms with E-state index >= 15 is 0 Å². The van der Waals surface area contributed by atoms with Crippen molar-refractivity contribution in [1.29, 1.82) is 0 Å². The second-order valence-electron chi connectivity index (χ2n) is 8.22. The fourth-order valence-electron chi connectivity index (χ4n) is 4.73. The highest BCUT2D eigenvalue weighted by atomic mass is 32.2. The van der Waals surface area contributed by atoms with Gasteiger partial charge in [-0.2, -0.15) is 5.10 Å². The Balaban J connectivity index is 1.38. The molecule has 1 saturated heterocycles. The predicted octanol–water partition coefficient (Wildman–Crippen LogP) is 1.08. The average Bonchev–Trinajstić information content (AvgIpc) is 3.35. The minimum atomic E-state index is -2.84. The number of rotatable bonds is 5. The maximum atomic E-state index is 11.7. The van der Waals surface area contributed by atoms with Gasteiger partial charge >= 0.3 is 0 Å². The Morgan fingerprint density at radius 3 is 2.85 bits per heavy atom. The van der Waals surface area contributed by atoms with E-state index in [-0.39, 0.29) is 5.92 Å². The molecule has 2 saturated carbocycles. The summed E-state index contributed by atoms with van der Waals surface area (Å²) in [7, 11) is -0.935. The zero-order valence-corrected chi connectivity index (χ0v) is 16.2. The first-order valence-electron chi connectivity index (χ1n) is 9.70. The van der Waals surface area contributed by atoms with Gasteiger partial charge in [-0.25, -0.2) is 13.4 Å². The number of aliphatic imine (C=N–C) groups is 1. The molecule has 0 radical (unpaired) electrons. The van der Waals surface area contributed by atoms with E-state index in [1.54, 1.807) is 4.68 Å². The Bertz CT molecular complexity index is 772. The van der Waals surface area contributed by atoms with Gasteiger partial charge in [0.15, 0.2) is 15.8 Å². The number of guanidine groups is 1. The molecule has 1 aliphatic heterocycles. The molecule has 3 aliphatic rings. The molecule has 144 valence electrons. The van der Waals surface area contributed by atoms with E-state index in [0.717, 1.165) is 29.9 Å². The Kier molecular flexibility index (Phi) is 4.94. The normalized spacial score (nSPS) is 32.9. The highest BCUT2D eigenvalue weighted by Gasteiger charge is 2.40. The molecule has 1 aromatic heterocycles. The molecule has 7 nitrogen and oxygen atoms in total. The summed E-state index contributed by atoms with van der Waals surface area (Å²) in [6.07, 6.45) is 7.92. The summed E-state index contributed by atoms with van der Waals surface area (Å²) in [5, 5.41) is 11.4. The Morgan fingerprint density at radius 1 is 1.35 bits per heavy atom. The minimum Gasteiger partial charge on any atom is -0.356 e. The number of hydrogen-bond donors (Lipinski definition) is 2. The quantitative estimate of drug-likeness (QED) is 0.590.